The lowest BCUT2D eigenvalue weighted by atomic mass is 10.1. The molecule has 88 valence electrons. The average molecular weight is 235 g/mol. The Labute approximate surface area is 103 Å². The fraction of sp³-hybridized carbons (Fsp3) is 0.571. The third kappa shape index (κ3) is 2.61. The molecule has 1 aliphatic rings. The molecule has 0 aromatic heterocycles. The molecular formula is C14H21NS. The maximum atomic E-state index is 6.28. The number of nitrogens with two attached hydrogens (primary N) is 1. The number of thioether (sulfide) groups is 1. The summed E-state index contributed by atoms with van der Waals surface area (Å²) < 4.78 is 0. The molecule has 2 N–H and O–H groups in total. The first kappa shape index (κ1) is 12.0. The van der Waals surface area contributed by atoms with Crippen LogP contribution in [0.15, 0.2) is 24.3 Å². The molecule has 0 aliphatic heterocycles. The molecule has 0 bridgehead atoms. The van der Waals surface area contributed by atoms with Crippen molar-refractivity contribution in [2.45, 2.75) is 43.9 Å². The highest BCUT2D eigenvalue weighted by molar-refractivity contribution is 7.99. The molecule has 0 radical (unpaired) electrons. The maximum absolute atomic E-state index is 6.28. The number of unbranched alkanes of at least 4 members (excludes halogenated alkanes) is 2. The third-order valence-electron chi connectivity index (χ3n) is 3.32. The zero-order valence-electron chi connectivity index (χ0n) is 9.99. The predicted octanol–water partition coefficient (Wildman–Crippen LogP) is 3.53. The second kappa shape index (κ2) is 5.74. The molecule has 2 atom stereocenters. The van der Waals surface area contributed by atoms with Crippen LogP contribution >= 0.6 is 11.8 Å². The molecule has 0 heterocycles. The average Bonchev–Trinajstić information content (AvgIpc) is 2.63. The molecule has 0 spiro atoms. The lowest BCUT2D eigenvalue weighted by Crippen LogP contribution is -2.19. The van der Waals surface area contributed by atoms with Gasteiger partial charge in [0.25, 0.3) is 0 Å². The minimum Gasteiger partial charge on any atom is -0.323 e. The zero-order valence-corrected chi connectivity index (χ0v) is 10.8. The molecular weight excluding hydrogens is 214 g/mol. The van der Waals surface area contributed by atoms with Crippen molar-refractivity contribution in [2.75, 3.05) is 5.75 Å². The largest absolute Gasteiger partial charge is 0.323 e. The van der Waals surface area contributed by atoms with Crippen molar-refractivity contribution in [1.82, 2.24) is 0 Å². The van der Waals surface area contributed by atoms with E-state index in [1.165, 1.54) is 36.1 Å². The van der Waals surface area contributed by atoms with Crippen LogP contribution in [-0.2, 0) is 6.42 Å². The Bertz CT molecular complexity index is 337. The molecule has 2 unspecified atom stereocenters. The van der Waals surface area contributed by atoms with Crippen molar-refractivity contribution in [3.05, 3.63) is 35.4 Å². The summed E-state index contributed by atoms with van der Waals surface area (Å²) >= 11 is 2.06. The molecule has 0 fully saturated rings. The van der Waals surface area contributed by atoms with Gasteiger partial charge in [-0.2, -0.15) is 11.8 Å². The number of hydrogen-bond donors (Lipinski definition) is 1. The van der Waals surface area contributed by atoms with E-state index in [-0.39, 0.29) is 6.04 Å². The summed E-state index contributed by atoms with van der Waals surface area (Å²) in [6.07, 6.45) is 5.15. The molecule has 1 aromatic carbocycles. The van der Waals surface area contributed by atoms with E-state index in [9.17, 15) is 0 Å². The fourth-order valence-electron chi connectivity index (χ4n) is 2.34. The first-order valence-corrected chi connectivity index (χ1v) is 7.32. The standard InChI is InChI=1S/C14H21NS/c1-2-3-6-9-16-13-10-11-7-4-5-8-12(11)14(13)15/h4-5,7-8,13-14H,2-3,6,9-10,15H2,1H3. The second-order valence-corrected chi connectivity index (χ2v) is 5.89. The zero-order chi connectivity index (χ0) is 11.4. The van der Waals surface area contributed by atoms with Gasteiger partial charge in [-0.1, -0.05) is 44.0 Å². The van der Waals surface area contributed by atoms with Gasteiger partial charge in [-0.15, -0.1) is 0 Å². The highest BCUT2D eigenvalue weighted by Gasteiger charge is 2.29. The van der Waals surface area contributed by atoms with Gasteiger partial charge in [0.05, 0.1) is 0 Å². The van der Waals surface area contributed by atoms with Gasteiger partial charge < -0.3 is 5.73 Å². The van der Waals surface area contributed by atoms with Gasteiger partial charge in [0.2, 0.25) is 0 Å². The maximum Gasteiger partial charge on any atom is 0.0421 e. The third-order valence-corrected chi connectivity index (χ3v) is 4.73. The van der Waals surface area contributed by atoms with E-state index in [0.29, 0.717) is 5.25 Å². The molecule has 0 saturated carbocycles. The van der Waals surface area contributed by atoms with Crippen LogP contribution in [0.1, 0.15) is 43.4 Å². The topological polar surface area (TPSA) is 26.0 Å². The van der Waals surface area contributed by atoms with E-state index in [2.05, 4.69) is 43.0 Å². The van der Waals surface area contributed by atoms with Crippen LogP contribution in [0.4, 0.5) is 0 Å². The van der Waals surface area contributed by atoms with Gasteiger partial charge in [0.1, 0.15) is 0 Å². The number of benzene rings is 1. The van der Waals surface area contributed by atoms with Crippen molar-refractivity contribution in [3.8, 4) is 0 Å². The summed E-state index contributed by atoms with van der Waals surface area (Å²) in [6.45, 7) is 2.25. The number of fused-ring (bicyclic) bond motifs is 1. The Balaban J connectivity index is 1.87. The molecule has 16 heavy (non-hydrogen) atoms. The van der Waals surface area contributed by atoms with Crippen LogP contribution < -0.4 is 5.73 Å². The van der Waals surface area contributed by atoms with Crippen molar-refractivity contribution in [2.24, 2.45) is 5.73 Å². The second-order valence-electron chi connectivity index (χ2n) is 4.55. The van der Waals surface area contributed by atoms with Crippen LogP contribution in [0, 0.1) is 0 Å². The molecule has 1 aromatic rings. The summed E-state index contributed by atoms with van der Waals surface area (Å²) in [5.74, 6) is 1.26. The SMILES string of the molecule is CCCCCSC1Cc2ccccc2C1N. The lowest BCUT2D eigenvalue weighted by Gasteiger charge is -2.15. The van der Waals surface area contributed by atoms with Crippen LogP contribution in [0.25, 0.3) is 0 Å². The van der Waals surface area contributed by atoms with Crippen molar-refractivity contribution >= 4 is 11.8 Å². The van der Waals surface area contributed by atoms with E-state index in [1.807, 2.05) is 0 Å². The Kier molecular flexibility index (Phi) is 4.30. The minimum absolute atomic E-state index is 0.253. The van der Waals surface area contributed by atoms with E-state index >= 15 is 0 Å². The fourth-order valence-corrected chi connectivity index (χ4v) is 3.66. The smallest absolute Gasteiger partial charge is 0.0421 e. The van der Waals surface area contributed by atoms with E-state index in [0.717, 1.165) is 6.42 Å². The van der Waals surface area contributed by atoms with Gasteiger partial charge in [0.15, 0.2) is 0 Å². The highest BCUT2D eigenvalue weighted by atomic mass is 32.2. The van der Waals surface area contributed by atoms with Crippen LogP contribution in [0.2, 0.25) is 0 Å². The van der Waals surface area contributed by atoms with Gasteiger partial charge >= 0.3 is 0 Å². The Morgan fingerprint density at radius 3 is 2.88 bits per heavy atom. The first-order valence-electron chi connectivity index (χ1n) is 6.28. The van der Waals surface area contributed by atoms with Crippen LogP contribution in [0.3, 0.4) is 0 Å². The Hall–Kier alpha value is -0.470. The molecule has 2 heteroatoms. The Morgan fingerprint density at radius 2 is 2.12 bits per heavy atom. The van der Waals surface area contributed by atoms with Crippen LogP contribution in [-0.4, -0.2) is 11.0 Å². The monoisotopic (exact) mass is 235 g/mol. The highest BCUT2D eigenvalue weighted by Crippen LogP contribution is 2.36. The number of rotatable bonds is 5. The Morgan fingerprint density at radius 1 is 1.31 bits per heavy atom. The van der Waals surface area contributed by atoms with Crippen molar-refractivity contribution in [3.63, 3.8) is 0 Å². The van der Waals surface area contributed by atoms with Gasteiger partial charge in [0, 0.05) is 11.3 Å². The van der Waals surface area contributed by atoms with E-state index in [1.54, 1.807) is 0 Å². The van der Waals surface area contributed by atoms with Crippen molar-refractivity contribution in [1.29, 1.82) is 0 Å². The first-order chi connectivity index (χ1) is 7.83. The summed E-state index contributed by atoms with van der Waals surface area (Å²) in [6, 6.07) is 8.88. The summed E-state index contributed by atoms with van der Waals surface area (Å²) in [5, 5.41) is 0.606. The predicted molar refractivity (Wildman–Crippen MR) is 72.8 cm³/mol. The van der Waals surface area contributed by atoms with E-state index < -0.39 is 0 Å². The van der Waals surface area contributed by atoms with Crippen LogP contribution in [0.5, 0.6) is 0 Å². The lowest BCUT2D eigenvalue weighted by molar-refractivity contribution is 0.725. The van der Waals surface area contributed by atoms with Gasteiger partial charge in [-0.05, 0) is 29.7 Å². The summed E-state index contributed by atoms with van der Waals surface area (Å²) in [7, 11) is 0. The molecule has 1 aliphatic carbocycles. The molecule has 0 amide bonds. The molecule has 2 rings (SSSR count). The quantitative estimate of drug-likeness (QED) is 0.790. The number of hydrogen-bond acceptors (Lipinski definition) is 2. The normalized spacial score (nSPS) is 23.4. The van der Waals surface area contributed by atoms with Gasteiger partial charge in [-0.25, -0.2) is 0 Å². The van der Waals surface area contributed by atoms with E-state index in [4.69, 9.17) is 5.73 Å². The van der Waals surface area contributed by atoms with Gasteiger partial charge in [-0.3, -0.25) is 0 Å². The molecule has 1 nitrogen and oxygen atoms in total. The summed E-state index contributed by atoms with van der Waals surface area (Å²) in [5.41, 5.74) is 9.12. The summed E-state index contributed by atoms with van der Waals surface area (Å²) in [4.78, 5) is 0. The minimum atomic E-state index is 0.253. The molecule has 0 saturated heterocycles. The van der Waals surface area contributed by atoms with Crippen molar-refractivity contribution < 1.29 is 0 Å².